The highest BCUT2D eigenvalue weighted by atomic mass is 32.2. The summed E-state index contributed by atoms with van der Waals surface area (Å²) in [5.74, 6) is 1.47. The van der Waals surface area contributed by atoms with E-state index in [1.165, 1.54) is 11.1 Å². The van der Waals surface area contributed by atoms with Crippen molar-refractivity contribution in [3.05, 3.63) is 35.4 Å². The first-order valence-corrected chi connectivity index (χ1v) is 9.14. The van der Waals surface area contributed by atoms with Gasteiger partial charge in [-0.2, -0.15) is 0 Å². The monoisotopic (exact) mass is 293 g/mol. The summed E-state index contributed by atoms with van der Waals surface area (Å²) >= 11 is 0. The molecule has 1 aromatic rings. The van der Waals surface area contributed by atoms with Crippen molar-refractivity contribution in [2.45, 2.75) is 50.8 Å². The van der Waals surface area contributed by atoms with Crippen LogP contribution in [0.5, 0.6) is 0 Å². The number of rotatable bonds is 5. The average Bonchev–Trinajstić information content (AvgIpc) is 2.63. The molecular formula is C17H27NOS. The van der Waals surface area contributed by atoms with Gasteiger partial charge in [0.15, 0.2) is 0 Å². The van der Waals surface area contributed by atoms with Crippen LogP contribution in [0.1, 0.15) is 50.3 Å². The van der Waals surface area contributed by atoms with E-state index in [0.717, 1.165) is 31.4 Å². The fraction of sp³-hybridized carbons (Fsp3) is 0.647. The summed E-state index contributed by atoms with van der Waals surface area (Å²) in [6.07, 6.45) is 4.38. The zero-order valence-electron chi connectivity index (χ0n) is 12.9. The zero-order chi connectivity index (χ0) is 14.5. The van der Waals surface area contributed by atoms with Gasteiger partial charge < -0.3 is 5.32 Å². The van der Waals surface area contributed by atoms with Crippen molar-refractivity contribution in [2.75, 3.05) is 12.8 Å². The second kappa shape index (κ2) is 7.37. The molecule has 0 saturated heterocycles. The van der Waals surface area contributed by atoms with Gasteiger partial charge in [0.25, 0.3) is 0 Å². The lowest BCUT2D eigenvalue weighted by Crippen LogP contribution is -2.33. The molecule has 2 rings (SSSR count). The Hall–Kier alpha value is -0.670. The first kappa shape index (κ1) is 15.7. The largest absolute Gasteiger partial charge is 0.312 e. The maximum Gasteiger partial charge on any atom is 0.0543 e. The summed E-state index contributed by atoms with van der Waals surface area (Å²) < 4.78 is 12.7. The Balaban J connectivity index is 2.19. The van der Waals surface area contributed by atoms with E-state index in [0.29, 0.717) is 5.92 Å². The van der Waals surface area contributed by atoms with E-state index in [1.54, 1.807) is 0 Å². The lowest BCUT2D eigenvalue weighted by atomic mass is 9.99. The van der Waals surface area contributed by atoms with Crippen LogP contribution in [0.15, 0.2) is 24.3 Å². The molecular weight excluding hydrogens is 266 g/mol. The van der Waals surface area contributed by atoms with Gasteiger partial charge in [-0.3, -0.25) is 4.21 Å². The van der Waals surface area contributed by atoms with E-state index in [2.05, 4.69) is 43.4 Å². The highest BCUT2D eigenvalue weighted by Gasteiger charge is 2.30. The molecule has 0 saturated carbocycles. The SMILES string of the molecule is CNC1c2ccccc2CCCC1S(=O)CCC(C)C. The van der Waals surface area contributed by atoms with Crippen molar-refractivity contribution in [1.29, 1.82) is 0 Å². The number of fused-ring (bicyclic) bond motifs is 1. The molecule has 3 heteroatoms. The first-order chi connectivity index (χ1) is 9.63. The number of nitrogens with one attached hydrogen (secondary N) is 1. The number of aryl methyl sites for hydroxylation is 1. The smallest absolute Gasteiger partial charge is 0.0543 e. The summed E-state index contributed by atoms with van der Waals surface area (Å²) in [4.78, 5) is 0. The fourth-order valence-corrected chi connectivity index (χ4v) is 5.08. The minimum atomic E-state index is -0.738. The molecule has 20 heavy (non-hydrogen) atoms. The first-order valence-electron chi connectivity index (χ1n) is 7.75. The summed E-state index contributed by atoms with van der Waals surface area (Å²) in [6.45, 7) is 4.41. The third-order valence-corrected chi connectivity index (χ3v) is 6.06. The van der Waals surface area contributed by atoms with E-state index in [1.807, 2.05) is 7.05 Å². The fourth-order valence-electron chi connectivity index (χ4n) is 3.05. The Kier molecular flexibility index (Phi) is 5.79. The molecule has 0 fully saturated rings. The minimum Gasteiger partial charge on any atom is -0.312 e. The summed E-state index contributed by atoms with van der Waals surface area (Å²) in [5, 5.41) is 3.68. The van der Waals surface area contributed by atoms with Crippen molar-refractivity contribution in [2.24, 2.45) is 5.92 Å². The molecule has 0 aromatic heterocycles. The van der Waals surface area contributed by atoms with E-state index in [4.69, 9.17) is 0 Å². The van der Waals surface area contributed by atoms with Gasteiger partial charge in [-0.15, -0.1) is 0 Å². The Morgan fingerprint density at radius 3 is 2.80 bits per heavy atom. The van der Waals surface area contributed by atoms with Gasteiger partial charge in [-0.25, -0.2) is 0 Å². The Labute approximate surface area is 125 Å². The van der Waals surface area contributed by atoms with Crippen molar-refractivity contribution < 1.29 is 4.21 Å². The van der Waals surface area contributed by atoms with Crippen LogP contribution in [0.2, 0.25) is 0 Å². The highest BCUT2D eigenvalue weighted by Crippen LogP contribution is 2.32. The predicted octanol–water partition coefficient (Wildman–Crippen LogP) is 3.45. The molecule has 0 aliphatic heterocycles. The van der Waals surface area contributed by atoms with Crippen molar-refractivity contribution in [1.82, 2.24) is 5.32 Å². The van der Waals surface area contributed by atoms with E-state index in [9.17, 15) is 4.21 Å². The summed E-state index contributed by atoms with van der Waals surface area (Å²) in [6, 6.07) is 8.87. The van der Waals surface area contributed by atoms with E-state index < -0.39 is 10.8 Å². The van der Waals surface area contributed by atoms with Crippen LogP contribution in [0.3, 0.4) is 0 Å². The molecule has 3 atom stereocenters. The Morgan fingerprint density at radius 2 is 2.10 bits per heavy atom. The molecule has 0 amide bonds. The van der Waals surface area contributed by atoms with Gasteiger partial charge in [-0.05, 0) is 49.8 Å². The lowest BCUT2D eigenvalue weighted by Gasteiger charge is -2.26. The average molecular weight is 293 g/mol. The Morgan fingerprint density at radius 1 is 1.35 bits per heavy atom. The molecule has 0 spiro atoms. The molecule has 0 radical (unpaired) electrons. The van der Waals surface area contributed by atoms with Gasteiger partial charge in [0.1, 0.15) is 0 Å². The van der Waals surface area contributed by atoms with E-state index in [-0.39, 0.29) is 11.3 Å². The summed E-state index contributed by atoms with van der Waals surface area (Å²) in [5.41, 5.74) is 2.78. The van der Waals surface area contributed by atoms with Gasteiger partial charge in [0.05, 0.1) is 5.25 Å². The highest BCUT2D eigenvalue weighted by molar-refractivity contribution is 7.85. The van der Waals surface area contributed by atoms with Gasteiger partial charge in [0, 0.05) is 22.6 Å². The second-order valence-electron chi connectivity index (χ2n) is 6.16. The maximum absolute atomic E-state index is 12.7. The minimum absolute atomic E-state index is 0.238. The number of hydrogen-bond donors (Lipinski definition) is 1. The molecule has 3 unspecified atom stereocenters. The molecule has 1 aromatic carbocycles. The lowest BCUT2D eigenvalue weighted by molar-refractivity contribution is 0.527. The molecule has 1 N–H and O–H groups in total. The number of hydrogen-bond acceptors (Lipinski definition) is 2. The van der Waals surface area contributed by atoms with Gasteiger partial charge in [-0.1, -0.05) is 38.1 Å². The third kappa shape index (κ3) is 3.70. The van der Waals surface area contributed by atoms with Crippen LogP contribution in [0, 0.1) is 5.92 Å². The molecule has 112 valence electrons. The van der Waals surface area contributed by atoms with Crippen LogP contribution in [-0.2, 0) is 17.2 Å². The Bertz CT molecular complexity index is 458. The van der Waals surface area contributed by atoms with Gasteiger partial charge in [0.2, 0.25) is 0 Å². The van der Waals surface area contributed by atoms with Gasteiger partial charge >= 0.3 is 0 Å². The normalized spacial score (nSPS) is 24.2. The van der Waals surface area contributed by atoms with Crippen LogP contribution < -0.4 is 5.32 Å². The predicted molar refractivity (Wildman–Crippen MR) is 87.4 cm³/mol. The van der Waals surface area contributed by atoms with Crippen LogP contribution in [0.25, 0.3) is 0 Å². The van der Waals surface area contributed by atoms with Crippen molar-refractivity contribution >= 4 is 10.8 Å². The molecule has 0 bridgehead atoms. The third-order valence-electron chi connectivity index (χ3n) is 4.24. The summed E-state index contributed by atoms with van der Waals surface area (Å²) in [7, 11) is 1.26. The topological polar surface area (TPSA) is 29.1 Å². The maximum atomic E-state index is 12.7. The van der Waals surface area contributed by atoms with Crippen molar-refractivity contribution in [3.8, 4) is 0 Å². The van der Waals surface area contributed by atoms with E-state index >= 15 is 0 Å². The number of benzene rings is 1. The standard InChI is InChI=1S/C17H27NOS/c1-13(2)11-12-20(19)16-10-6-8-14-7-4-5-9-15(14)17(16)18-3/h4-5,7,9,13,16-18H,6,8,10-12H2,1-3H3. The molecule has 1 aliphatic rings. The molecule has 2 nitrogen and oxygen atoms in total. The van der Waals surface area contributed by atoms with Crippen LogP contribution in [-0.4, -0.2) is 22.3 Å². The van der Waals surface area contributed by atoms with Crippen LogP contribution in [0.4, 0.5) is 0 Å². The van der Waals surface area contributed by atoms with Crippen molar-refractivity contribution in [3.63, 3.8) is 0 Å². The second-order valence-corrected chi connectivity index (χ2v) is 7.94. The molecule has 0 heterocycles. The zero-order valence-corrected chi connectivity index (χ0v) is 13.7. The quantitative estimate of drug-likeness (QED) is 0.843. The van der Waals surface area contributed by atoms with Crippen LogP contribution >= 0.6 is 0 Å². The molecule has 1 aliphatic carbocycles.